The molecule has 0 aromatic carbocycles. The Morgan fingerprint density at radius 1 is 1.50 bits per heavy atom. The minimum Gasteiger partial charge on any atom is -0.381 e. The van der Waals surface area contributed by atoms with Gasteiger partial charge in [0.15, 0.2) is 5.82 Å². The molecule has 1 atom stereocenters. The lowest BCUT2D eigenvalue weighted by molar-refractivity contribution is 0.00323. The molecule has 1 aromatic rings. The van der Waals surface area contributed by atoms with E-state index in [-0.39, 0.29) is 6.10 Å². The molecule has 1 aromatic heterocycles. The highest BCUT2D eigenvalue weighted by atomic mass is 16.5. The summed E-state index contributed by atoms with van der Waals surface area (Å²) in [6.45, 7) is 3.80. The minimum absolute atomic E-state index is 0.283. The van der Waals surface area contributed by atoms with Gasteiger partial charge in [-0.1, -0.05) is 18.6 Å². The van der Waals surface area contributed by atoms with E-state index in [1.165, 1.54) is 12.8 Å². The van der Waals surface area contributed by atoms with Crippen molar-refractivity contribution in [3.05, 3.63) is 5.69 Å². The molecule has 0 saturated carbocycles. The first kappa shape index (κ1) is 11.4. The van der Waals surface area contributed by atoms with E-state index >= 15 is 0 Å². The standard InChI is InChI=1S/C11H20N4O/c1-2-5-10-11(12)13-14-15(10)8-9-6-3-4-7-16-9/h9H,2-8,12H2,1H3. The Balaban J connectivity index is 2.02. The van der Waals surface area contributed by atoms with Crippen LogP contribution >= 0.6 is 0 Å². The fraction of sp³-hybridized carbons (Fsp3) is 0.818. The van der Waals surface area contributed by atoms with Crippen molar-refractivity contribution < 1.29 is 4.74 Å². The van der Waals surface area contributed by atoms with Gasteiger partial charge in [0.1, 0.15) is 0 Å². The summed E-state index contributed by atoms with van der Waals surface area (Å²) in [6, 6.07) is 0. The molecule has 0 spiro atoms. The largest absolute Gasteiger partial charge is 0.381 e. The zero-order chi connectivity index (χ0) is 11.4. The molecule has 0 amide bonds. The molecule has 0 bridgehead atoms. The molecule has 0 radical (unpaired) electrons. The van der Waals surface area contributed by atoms with Gasteiger partial charge >= 0.3 is 0 Å². The molecule has 2 heterocycles. The Bertz CT molecular complexity index is 331. The maximum Gasteiger partial charge on any atom is 0.169 e. The molecule has 0 aliphatic carbocycles. The van der Waals surface area contributed by atoms with Crippen LogP contribution in [-0.4, -0.2) is 27.7 Å². The van der Waals surface area contributed by atoms with Crippen molar-refractivity contribution in [2.24, 2.45) is 0 Å². The monoisotopic (exact) mass is 224 g/mol. The molecule has 2 N–H and O–H groups in total. The maximum absolute atomic E-state index is 5.80. The lowest BCUT2D eigenvalue weighted by Crippen LogP contribution is -2.26. The van der Waals surface area contributed by atoms with Gasteiger partial charge in [-0.15, -0.1) is 5.10 Å². The average Bonchev–Trinajstić information content (AvgIpc) is 2.64. The number of nitrogens with zero attached hydrogens (tertiary/aromatic N) is 3. The zero-order valence-electron chi connectivity index (χ0n) is 9.85. The van der Waals surface area contributed by atoms with E-state index < -0.39 is 0 Å². The number of nitrogens with two attached hydrogens (primary N) is 1. The Kier molecular flexibility index (Phi) is 3.77. The van der Waals surface area contributed by atoms with Crippen molar-refractivity contribution >= 4 is 5.82 Å². The van der Waals surface area contributed by atoms with Gasteiger partial charge in [0.2, 0.25) is 0 Å². The van der Waals surface area contributed by atoms with Gasteiger partial charge in [-0.05, 0) is 25.7 Å². The second-order valence-electron chi connectivity index (χ2n) is 4.34. The topological polar surface area (TPSA) is 66.0 Å². The summed E-state index contributed by atoms with van der Waals surface area (Å²) in [5, 5.41) is 8.03. The number of aromatic nitrogens is 3. The highest BCUT2D eigenvalue weighted by Gasteiger charge is 2.17. The van der Waals surface area contributed by atoms with Crippen molar-refractivity contribution in [1.82, 2.24) is 15.0 Å². The molecule has 1 unspecified atom stereocenters. The molecule has 16 heavy (non-hydrogen) atoms. The van der Waals surface area contributed by atoms with Crippen LogP contribution in [0.25, 0.3) is 0 Å². The summed E-state index contributed by atoms with van der Waals surface area (Å²) in [4.78, 5) is 0. The van der Waals surface area contributed by atoms with Gasteiger partial charge in [0.25, 0.3) is 0 Å². The van der Waals surface area contributed by atoms with E-state index in [4.69, 9.17) is 10.5 Å². The third-order valence-corrected chi connectivity index (χ3v) is 3.01. The number of ether oxygens (including phenoxy) is 1. The Hall–Kier alpha value is -1.10. The van der Waals surface area contributed by atoms with Gasteiger partial charge in [-0.25, -0.2) is 4.68 Å². The van der Waals surface area contributed by atoms with Gasteiger partial charge in [-0.3, -0.25) is 0 Å². The number of hydrogen-bond acceptors (Lipinski definition) is 4. The first-order chi connectivity index (χ1) is 7.81. The van der Waals surface area contributed by atoms with Gasteiger partial charge < -0.3 is 10.5 Å². The predicted molar refractivity (Wildman–Crippen MR) is 62.0 cm³/mol. The Morgan fingerprint density at radius 2 is 2.38 bits per heavy atom. The van der Waals surface area contributed by atoms with Crippen LogP contribution in [0.3, 0.4) is 0 Å². The number of anilines is 1. The van der Waals surface area contributed by atoms with Crippen LogP contribution in [-0.2, 0) is 17.7 Å². The summed E-state index contributed by atoms with van der Waals surface area (Å²) in [5.74, 6) is 0.567. The molecule has 90 valence electrons. The average molecular weight is 224 g/mol. The molecular formula is C11H20N4O. The normalized spacial score (nSPS) is 21.2. The van der Waals surface area contributed by atoms with Gasteiger partial charge in [-0.2, -0.15) is 0 Å². The smallest absolute Gasteiger partial charge is 0.169 e. The Labute approximate surface area is 96.0 Å². The van der Waals surface area contributed by atoms with Gasteiger partial charge in [0.05, 0.1) is 18.3 Å². The van der Waals surface area contributed by atoms with Gasteiger partial charge in [0, 0.05) is 6.61 Å². The first-order valence-corrected chi connectivity index (χ1v) is 6.10. The molecule has 1 saturated heterocycles. The van der Waals surface area contributed by atoms with E-state index in [9.17, 15) is 0 Å². The summed E-state index contributed by atoms with van der Waals surface area (Å²) in [6.07, 6.45) is 5.82. The molecular weight excluding hydrogens is 204 g/mol. The predicted octanol–water partition coefficient (Wildman–Crippen LogP) is 1.38. The third-order valence-electron chi connectivity index (χ3n) is 3.01. The minimum atomic E-state index is 0.283. The summed E-state index contributed by atoms with van der Waals surface area (Å²) >= 11 is 0. The molecule has 5 nitrogen and oxygen atoms in total. The molecule has 5 heteroatoms. The van der Waals surface area contributed by atoms with Crippen LogP contribution in [0.2, 0.25) is 0 Å². The van der Waals surface area contributed by atoms with Crippen molar-refractivity contribution in [1.29, 1.82) is 0 Å². The van der Waals surface area contributed by atoms with Crippen LogP contribution < -0.4 is 5.73 Å². The fourth-order valence-electron chi connectivity index (χ4n) is 2.13. The molecule has 1 aliphatic heterocycles. The van der Waals surface area contributed by atoms with E-state index in [0.717, 1.165) is 38.1 Å². The quantitative estimate of drug-likeness (QED) is 0.839. The molecule has 1 aliphatic rings. The van der Waals surface area contributed by atoms with E-state index in [1.807, 2.05) is 4.68 Å². The van der Waals surface area contributed by atoms with Crippen LogP contribution in [0.1, 0.15) is 38.3 Å². The molecule has 2 rings (SSSR count). The number of rotatable bonds is 4. The molecule has 1 fully saturated rings. The number of hydrogen-bond donors (Lipinski definition) is 1. The van der Waals surface area contributed by atoms with Crippen molar-refractivity contribution in [3.8, 4) is 0 Å². The van der Waals surface area contributed by atoms with Crippen LogP contribution in [0.15, 0.2) is 0 Å². The second-order valence-corrected chi connectivity index (χ2v) is 4.34. The van der Waals surface area contributed by atoms with Crippen LogP contribution in [0, 0.1) is 0 Å². The highest BCUT2D eigenvalue weighted by Crippen LogP contribution is 2.17. The third kappa shape index (κ3) is 2.52. The fourth-order valence-corrected chi connectivity index (χ4v) is 2.13. The van der Waals surface area contributed by atoms with E-state index in [2.05, 4.69) is 17.2 Å². The summed E-state index contributed by atoms with van der Waals surface area (Å²) in [7, 11) is 0. The second kappa shape index (κ2) is 5.30. The number of nitrogen functional groups attached to an aromatic ring is 1. The van der Waals surface area contributed by atoms with Crippen LogP contribution in [0.4, 0.5) is 5.82 Å². The maximum atomic E-state index is 5.80. The summed E-state index contributed by atoms with van der Waals surface area (Å²) < 4.78 is 7.61. The zero-order valence-corrected chi connectivity index (χ0v) is 9.85. The van der Waals surface area contributed by atoms with E-state index in [0.29, 0.717) is 5.82 Å². The highest BCUT2D eigenvalue weighted by molar-refractivity contribution is 5.32. The van der Waals surface area contributed by atoms with Crippen molar-refractivity contribution in [2.75, 3.05) is 12.3 Å². The van der Waals surface area contributed by atoms with Crippen molar-refractivity contribution in [2.45, 2.75) is 51.7 Å². The van der Waals surface area contributed by atoms with E-state index in [1.54, 1.807) is 0 Å². The lowest BCUT2D eigenvalue weighted by atomic mass is 10.1. The first-order valence-electron chi connectivity index (χ1n) is 6.10. The van der Waals surface area contributed by atoms with Crippen LogP contribution in [0.5, 0.6) is 0 Å². The lowest BCUT2D eigenvalue weighted by Gasteiger charge is -2.22. The Morgan fingerprint density at radius 3 is 3.06 bits per heavy atom. The summed E-state index contributed by atoms with van der Waals surface area (Å²) in [5.41, 5.74) is 6.85. The van der Waals surface area contributed by atoms with Crippen molar-refractivity contribution in [3.63, 3.8) is 0 Å². The SMILES string of the molecule is CCCc1c(N)nnn1CC1CCCCO1.